The fraction of sp³-hybridized carbons (Fsp3) is 0.200. The highest BCUT2D eigenvalue weighted by Crippen LogP contribution is 2.26. The van der Waals surface area contributed by atoms with Crippen molar-refractivity contribution in [1.82, 2.24) is 9.97 Å². The Bertz CT molecular complexity index is 693. The lowest BCUT2D eigenvalue weighted by Crippen LogP contribution is -2.08. The maximum absolute atomic E-state index is 4.50. The molecule has 2 N–H and O–H groups in total. The van der Waals surface area contributed by atoms with E-state index in [1.54, 1.807) is 11.3 Å². The lowest BCUT2D eigenvalue weighted by atomic mass is 10.1. The molecule has 0 aliphatic carbocycles. The van der Waals surface area contributed by atoms with E-state index in [9.17, 15) is 0 Å². The van der Waals surface area contributed by atoms with E-state index in [1.807, 2.05) is 18.5 Å². The number of rotatable bonds is 5. The highest BCUT2D eigenvalue weighted by molar-refractivity contribution is 7.16. The van der Waals surface area contributed by atoms with Gasteiger partial charge in [-0.1, -0.05) is 30.3 Å². The normalized spacial score (nSPS) is 10.7. The summed E-state index contributed by atoms with van der Waals surface area (Å²) in [5.74, 6) is 1.55. The summed E-state index contributed by atoms with van der Waals surface area (Å²) in [5, 5.41) is 9.54. The van der Waals surface area contributed by atoms with Gasteiger partial charge in [0.25, 0.3) is 0 Å². The van der Waals surface area contributed by atoms with Crippen molar-refractivity contribution in [2.45, 2.75) is 6.42 Å². The molecule has 5 heteroatoms. The van der Waals surface area contributed by atoms with Crippen LogP contribution >= 0.6 is 11.3 Å². The van der Waals surface area contributed by atoms with Gasteiger partial charge in [0, 0.05) is 13.6 Å². The van der Waals surface area contributed by atoms with E-state index in [4.69, 9.17) is 0 Å². The quantitative estimate of drug-likeness (QED) is 0.754. The van der Waals surface area contributed by atoms with Crippen LogP contribution in [0.5, 0.6) is 0 Å². The van der Waals surface area contributed by atoms with Crippen LogP contribution in [0.4, 0.5) is 11.8 Å². The van der Waals surface area contributed by atoms with Crippen LogP contribution in [-0.2, 0) is 6.42 Å². The second-order valence-corrected chi connectivity index (χ2v) is 5.34. The number of benzene rings is 1. The Balaban J connectivity index is 1.75. The third-order valence-corrected chi connectivity index (χ3v) is 3.90. The van der Waals surface area contributed by atoms with E-state index in [-0.39, 0.29) is 0 Å². The molecule has 0 unspecified atom stereocenters. The third kappa shape index (κ3) is 2.72. The van der Waals surface area contributed by atoms with Crippen LogP contribution in [0.25, 0.3) is 10.2 Å². The minimum atomic E-state index is 0.655. The van der Waals surface area contributed by atoms with Crippen LogP contribution in [0.15, 0.2) is 41.8 Å². The predicted molar refractivity (Wildman–Crippen MR) is 85.6 cm³/mol. The average Bonchev–Trinajstić information content (AvgIpc) is 2.96. The van der Waals surface area contributed by atoms with E-state index >= 15 is 0 Å². The van der Waals surface area contributed by atoms with Gasteiger partial charge in [0.05, 0.1) is 5.39 Å². The Hall–Kier alpha value is -2.14. The Kier molecular flexibility index (Phi) is 3.78. The van der Waals surface area contributed by atoms with Crippen molar-refractivity contribution in [1.29, 1.82) is 0 Å². The molecule has 0 aliphatic rings. The van der Waals surface area contributed by atoms with Crippen LogP contribution < -0.4 is 10.6 Å². The summed E-state index contributed by atoms with van der Waals surface area (Å²) < 4.78 is 0. The largest absolute Gasteiger partial charge is 0.369 e. The highest BCUT2D eigenvalue weighted by atomic mass is 32.1. The molecule has 2 heterocycles. The highest BCUT2D eigenvalue weighted by Gasteiger charge is 2.07. The molecule has 0 spiro atoms. The van der Waals surface area contributed by atoms with E-state index in [2.05, 4.69) is 50.9 Å². The van der Waals surface area contributed by atoms with Crippen molar-refractivity contribution in [3.8, 4) is 0 Å². The van der Waals surface area contributed by atoms with Gasteiger partial charge in [0.1, 0.15) is 10.6 Å². The lowest BCUT2D eigenvalue weighted by Gasteiger charge is -2.08. The standard InChI is InChI=1S/C15H16N4S/c1-16-15-18-13(12-8-10-20-14(12)19-15)17-9-7-11-5-3-2-4-6-11/h2-6,8,10H,7,9H2,1H3,(H2,16,17,18,19). The number of nitrogens with one attached hydrogen (secondary N) is 2. The third-order valence-electron chi connectivity index (χ3n) is 3.10. The van der Waals surface area contributed by atoms with Crippen LogP contribution in [0.1, 0.15) is 5.56 Å². The number of anilines is 2. The summed E-state index contributed by atoms with van der Waals surface area (Å²) in [6.07, 6.45) is 0.978. The van der Waals surface area contributed by atoms with Crippen LogP contribution in [0.3, 0.4) is 0 Å². The maximum atomic E-state index is 4.50. The number of aromatic nitrogens is 2. The molecule has 102 valence electrons. The molecule has 0 saturated heterocycles. The van der Waals surface area contributed by atoms with Crippen molar-refractivity contribution in [2.24, 2.45) is 0 Å². The van der Waals surface area contributed by atoms with Crippen molar-refractivity contribution in [2.75, 3.05) is 24.2 Å². The SMILES string of the molecule is CNc1nc(NCCc2ccccc2)c2ccsc2n1. The summed E-state index contributed by atoms with van der Waals surface area (Å²) in [6.45, 7) is 0.856. The first-order chi connectivity index (χ1) is 9.86. The number of hydrogen-bond acceptors (Lipinski definition) is 5. The molecule has 3 rings (SSSR count). The molecule has 0 saturated carbocycles. The van der Waals surface area contributed by atoms with Crippen molar-refractivity contribution < 1.29 is 0 Å². The molecule has 20 heavy (non-hydrogen) atoms. The number of thiophene rings is 1. The van der Waals surface area contributed by atoms with Crippen LogP contribution in [0.2, 0.25) is 0 Å². The van der Waals surface area contributed by atoms with Crippen molar-refractivity contribution in [3.63, 3.8) is 0 Å². The first kappa shape index (κ1) is 12.9. The van der Waals surface area contributed by atoms with Gasteiger partial charge < -0.3 is 10.6 Å². The first-order valence-electron chi connectivity index (χ1n) is 6.57. The number of nitrogens with zero attached hydrogens (tertiary/aromatic N) is 2. The van der Waals surface area contributed by atoms with Crippen molar-refractivity contribution in [3.05, 3.63) is 47.3 Å². The summed E-state index contributed by atoms with van der Waals surface area (Å²) in [5.41, 5.74) is 1.32. The molecule has 0 fully saturated rings. The molecule has 3 aromatic rings. The average molecular weight is 284 g/mol. The summed E-state index contributed by atoms with van der Waals surface area (Å²) in [7, 11) is 1.84. The monoisotopic (exact) mass is 284 g/mol. The van der Waals surface area contributed by atoms with Crippen molar-refractivity contribution >= 4 is 33.3 Å². The molecule has 0 atom stereocenters. The van der Waals surface area contributed by atoms with Gasteiger partial charge in [-0.2, -0.15) is 4.98 Å². The van der Waals surface area contributed by atoms with E-state index in [0.717, 1.165) is 29.0 Å². The minimum absolute atomic E-state index is 0.655. The van der Waals surface area contributed by atoms with E-state index < -0.39 is 0 Å². The summed E-state index contributed by atoms with van der Waals surface area (Å²) >= 11 is 1.63. The Labute approximate surface area is 121 Å². The maximum Gasteiger partial charge on any atom is 0.225 e. The number of fused-ring (bicyclic) bond motifs is 1. The van der Waals surface area contributed by atoms with E-state index in [1.165, 1.54) is 5.56 Å². The number of hydrogen-bond donors (Lipinski definition) is 2. The fourth-order valence-corrected chi connectivity index (χ4v) is 2.84. The second kappa shape index (κ2) is 5.88. The van der Waals surface area contributed by atoms with Crippen LogP contribution in [0, 0.1) is 0 Å². The zero-order chi connectivity index (χ0) is 13.8. The van der Waals surface area contributed by atoms with Gasteiger partial charge in [-0.25, -0.2) is 4.98 Å². The van der Waals surface area contributed by atoms with Gasteiger partial charge in [0.15, 0.2) is 0 Å². The molecule has 2 aromatic heterocycles. The molecule has 0 aliphatic heterocycles. The molecule has 0 radical (unpaired) electrons. The zero-order valence-electron chi connectivity index (χ0n) is 11.3. The van der Waals surface area contributed by atoms with Gasteiger partial charge in [-0.05, 0) is 23.4 Å². The summed E-state index contributed by atoms with van der Waals surface area (Å²) in [4.78, 5) is 9.94. The molecule has 0 bridgehead atoms. The lowest BCUT2D eigenvalue weighted by molar-refractivity contribution is 1.01. The molecule has 4 nitrogen and oxygen atoms in total. The first-order valence-corrected chi connectivity index (χ1v) is 7.45. The molecule has 0 amide bonds. The molecular formula is C15H16N4S. The molecular weight excluding hydrogens is 268 g/mol. The Morgan fingerprint density at radius 2 is 1.95 bits per heavy atom. The van der Waals surface area contributed by atoms with Gasteiger partial charge in [-0.3, -0.25) is 0 Å². The van der Waals surface area contributed by atoms with Gasteiger partial charge in [-0.15, -0.1) is 11.3 Å². The fourth-order valence-electron chi connectivity index (χ4n) is 2.07. The van der Waals surface area contributed by atoms with Gasteiger partial charge >= 0.3 is 0 Å². The van der Waals surface area contributed by atoms with Gasteiger partial charge in [0.2, 0.25) is 5.95 Å². The minimum Gasteiger partial charge on any atom is -0.369 e. The summed E-state index contributed by atoms with van der Waals surface area (Å²) in [6, 6.07) is 12.5. The van der Waals surface area contributed by atoms with Crippen LogP contribution in [-0.4, -0.2) is 23.6 Å². The topological polar surface area (TPSA) is 49.8 Å². The second-order valence-electron chi connectivity index (χ2n) is 4.45. The zero-order valence-corrected chi connectivity index (χ0v) is 12.1. The predicted octanol–water partition coefficient (Wildman–Crippen LogP) is 3.39. The Morgan fingerprint density at radius 3 is 2.75 bits per heavy atom. The smallest absolute Gasteiger partial charge is 0.225 e. The Morgan fingerprint density at radius 1 is 1.10 bits per heavy atom. The molecule has 1 aromatic carbocycles. The van der Waals surface area contributed by atoms with E-state index in [0.29, 0.717) is 5.95 Å².